The molecule has 0 spiro atoms. The Bertz CT molecular complexity index is 3570. The third-order valence-electron chi connectivity index (χ3n) is 17.5. The number of imide groups is 1. The number of likely N-dealkylation sites (tertiary alicyclic amines) is 1. The van der Waals surface area contributed by atoms with Crippen LogP contribution in [0.1, 0.15) is 96.2 Å². The first-order valence-electron chi connectivity index (χ1n) is 33.7. The second-order valence-corrected chi connectivity index (χ2v) is 24.5. The van der Waals surface area contributed by atoms with Crippen molar-refractivity contribution in [3.63, 3.8) is 0 Å². The fourth-order valence-electron chi connectivity index (χ4n) is 12.2. The van der Waals surface area contributed by atoms with Crippen LogP contribution in [0.4, 0.5) is 4.79 Å². The van der Waals surface area contributed by atoms with Gasteiger partial charge in [-0.2, -0.15) is 0 Å². The van der Waals surface area contributed by atoms with E-state index in [4.69, 9.17) is 56.8 Å². The molecule has 0 N–H and O–H groups in total. The number of hydrogen-bond acceptors (Lipinski definition) is 15. The van der Waals surface area contributed by atoms with E-state index < -0.39 is 79.5 Å². The van der Waals surface area contributed by atoms with Crippen molar-refractivity contribution < 1.29 is 71.2 Å². The Morgan fingerprint density at radius 1 is 0.485 bits per heavy atom. The number of rotatable bonds is 36. The van der Waals surface area contributed by atoms with Crippen molar-refractivity contribution in [1.82, 2.24) is 9.80 Å². The molecule has 8 aromatic carbocycles. The summed E-state index contributed by atoms with van der Waals surface area (Å²) in [4.78, 5) is 44.8. The Hall–Kier alpha value is -8.43. The highest BCUT2D eigenvalue weighted by Gasteiger charge is 2.56. The quantitative estimate of drug-likeness (QED) is 0.0268. The van der Waals surface area contributed by atoms with Gasteiger partial charge in [0.1, 0.15) is 55.1 Å². The van der Waals surface area contributed by atoms with Crippen molar-refractivity contribution in [2.24, 2.45) is 0 Å². The fourth-order valence-corrected chi connectivity index (χ4v) is 12.2. The lowest BCUT2D eigenvalue weighted by atomic mass is 9.97. The number of ether oxygens (including phenoxy) is 12. The molecule has 1 unspecified atom stereocenters. The van der Waals surface area contributed by atoms with Crippen molar-refractivity contribution in [2.45, 2.75) is 159 Å². The minimum atomic E-state index is -1.32. The summed E-state index contributed by atoms with van der Waals surface area (Å²) >= 11 is 0. The van der Waals surface area contributed by atoms with E-state index in [1.807, 2.05) is 219 Å². The molecule has 0 aliphatic carbocycles. The molecule has 8 aromatic rings. The van der Waals surface area contributed by atoms with Gasteiger partial charge in [-0.05, 0) is 70.8 Å². The molecule has 17 nitrogen and oxygen atoms in total. The molecular weight excluding hydrogens is 1230 g/mol. The maximum Gasteiger partial charge on any atom is 0.410 e. The maximum absolute atomic E-state index is 14.1. The molecule has 97 heavy (non-hydrogen) atoms. The maximum atomic E-state index is 14.1. The van der Waals surface area contributed by atoms with Crippen LogP contribution in [0.25, 0.3) is 0 Å². The van der Waals surface area contributed by atoms with Crippen LogP contribution in [0.5, 0.6) is 5.75 Å². The largest absolute Gasteiger partial charge is 0.497 e. The Morgan fingerprint density at radius 3 is 1.49 bits per heavy atom. The number of methoxy groups -OCH3 is 1. The van der Waals surface area contributed by atoms with Crippen molar-refractivity contribution in [3.8, 4) is 5.75 Å². The highest BCUT2D eigenvalue weighted by molar-refractivity contribution is 6.02. The van der Waals surface area contributed by atoms with E-state index in [2.05, 4.69) is 0 Å². The van der Waals surface area contributed by atoms with Gasteiger partial charge in [-0.3, -0.25) is 14.5 Å². The first-order valence-corrected chi connectivity index (χ1v) is 33.7. The van der Waals surface area contributed by atoms with Crippen LogP contribution < -0.4 is 4.74 Å². The lowest BCUT2D eigenvalue weighted by molar-refractivity contribution is -0.348. The third-order valence-corrected chi connectivity index (χ3v) is 17.5. The Kier molecular flexibility index (Phi) is 26.5. The van der Waals surface area contributed by atoms with Gasteiger partial charge in [0, 0.05) is 38.1 Å². The number of carbonyl (C=O) groups is 3. The number of amides is 3. The molecule has 3 heterocycles. The van der Waals surface area contributed by atoms with Crippen LogP contribution in [0.2, 0.25) is 0 Å². The summed E-state index contributed by atoms with van der Waals surface area (Å²) < 4.78 is 82.6. The number of carbonyl (C=O) groups excluding carboxylic acids is 3. The first kappa shape index (κ1) is 69.9. The molecule has 0 bridgehead atoms. The molecule has 11 atom stereocenters. The Labute approximate surface area is 569 Å². The number of hydrogen-bond donors (Lipinski definition) is 0. The normalized spacial score (nSPS) is 21.5. The highest BCUT2D eigenvalue weighted by Crippen LogP contribution is 2.41. The molecule has 17 heteroatoms. The molecule has 11 rings (SSSR count). The number of benzene rings is 8. The Morgan fingerprint density at radius 2 is 0.959 bits per heavy atom. The lowest BCUT2D eigenvalue weighted by Crippen LogP contribution is -2.63. The predicted octanol–water partition coefficient (Wildman–Crippen LogP) is 14.1. The molecule has 0 saturated carbocycles. The molecule has 508 valence electrons. The zero-order chi connectivity index (χ0) is 66.8. The van der Waals surface area contributed by atoms with Crippen LogP contribution in [0, 0.1) is 0 Å². The predicted molar refractivity (Wildman–Crippen MR) is 364 cm³/mol. The van der Waals surface area contributed by atoms with Gasteiger partial charge in [-0.25, -0.2) is 4.79 Å². The van der Waals surface area contributed by atoms with Gasteiger partial charge in [0.15, 0.2) is 18.8 Å². The van der Waals surface area contributed by atoms with Crippen molar-refractivity contribution >= 4 is 17.9 Å². The van der Waals surface area contributed by atoms with Crippen LogP contribution in [-0.4, -0.2) is 116 Å². The van der Waals surface area contributed by atoms with E-state index in [9.17, 15) is 14.4 Å². The zero-order valence-corrected chi connectivity index (χ0v) is 55.2. The smallest absolute Gasteiger partial charge is 0.410 e. The van der Waals surface area contributed by atoms with Gasteiger partial charge < -0.3 is 61.7 Å². The molecule has 3 amide bonds. The summed E-state index contributed by atoms with van der Waals surface area (Å²) in [5.74, 6) is -0.210. The van der Waals surface area contributed by atoms with E-state index in [0.29, 0.717) is 37.4 Å². The van der Waals surface area contributed by atoms with Gasteiger partial charge >= 0.3 is 6.09 Å². The zero-order valence-electron chi connectivity index (χ0n) is 55.2. The molecule has 3 aliphatic heterocycles. The highest BCUT2D eigenvalue weighted by atomic mass is 16.8. The third kappa shape index (κ3) is 20.3. The minimum Gasteiger partial charge on any atom is -0.497 e. The summed E-state index contributed by atoms with van der Waals surface area (Å²) in [6.45, 7) is 4.27. The fraction of sp³-hybridized carbons (Fsp3) is 0.362. The van der Waals surface area contributed by atoms with Crippen molar-refractivity contribution in [2.75, 3.05) is 26.9 Å². The van der Waals surface area contributed by atoms with Gasteiger partial charge in [0.25, 0.3) is 0 Å². The molecule has 0 radical (unpaired) electrons. The topological polar surface area (TPSA) is 168 Å². The van der Waals surface area contributed by atoms with Crippen LogP contribution in [0.3, 0.4) is 0 Å². The van der Waals surface area contributed by atoms with Crippen LogP contribution >= 0.6 is 0 Å². The number of unbranched alkanes of at least 4 members (excludes halogenated alkanes) is 3. The van der Waals surface area contributed by atoms with Crippen LogP contribution in [-0.2, 0) is 108 Å². The second-order valence-electron chi connectivity index (χ2n) is 24.5. The molecule has 3 aliphatic rings. The average molecular weight is 1320 g/mol. The summed E-state index contributed by atoms with van der Waals surface area (Å²) in [5, 5.41) is 0. The molecule has 3 saturated heterocycles. The number of nitrogens with zero attached hydrogens (tertiary/aromatic N) is 2. The average Bonchev–Trinajstić information content (AvgIpc) is 1.51. The van der Waals surface area contributed by atoms with Crippen molar-refractivity contribution in [1.29, 1.82) is 0 Å². The molecule has 3 fully saturated rings. The van der Waals surface area contributed by atoms with E-state index in [1.165, 1.54) is 4.90 Å². The van der Waals surface area contributed by atoms with Crippen molar-refractivity contribution in [3.05, 3.63) is 281 Å². The lowest BCUT2D eigenvalue weighted by Gasteiger charge is -2.46. The SMILES string of the molecule is COc1ccc(C(O[C@H]2[C@@H](O[C@@H]3[C@H](OCc4ccccc4)[C@@H](OCc4ccccc4)[C@H](OCCCCCCN(Cc4ccccc4)C(=O)OCc4ccccc4)O[C@@H]3COCc3ccccc3)O[C@@H]([C@@H](C)OCc3ccccc3)[C@@H]2OCc2ccccc2)N2C(=O)CCC2=O)cc1. The van der Waals surface area contributed by atoms with Gasteiger partial charge in [-0.1, -0.05) is 237 Å². The summed E-state index contributed by atoms with van der Waals surface area (Å²) in [6, 6.07) is 76.0. The van der Waals surface area contributed by atoms with Gasteiger partial charge in [-0.15, -0.1) is 0 Å². The summed E-state index contributed by atoms with van der Waals surface area (Å²) in [6.07, 6.45) is -8.45. The standard InChI is InChI=1S/C80H88N2O15/c1-58(89-52-61-32-16-7-17-33-61)71-73(90-53-62-34-18-8-19-35-62)76(95-77(82-69(83)46-47-70(82)84)66-42-44-67(86-2)45-43-66)79(96-71)97-72-68(57-87-51-60-30-14-6-15-31-60)94-78(75(92-55-64-38-22-10-23-39-64)74(72)91-54-63-36-20-9-21-37-63)88-49-27-4-3-26-48-81(50-59-28-12-5-13-29-59)80(85)93-56-65-40-24-11-25-41-65/h5-25,28-45,58,68,71-79H,3-4,26-27,46-57H2,1-2H3/t58-,68-,71+,72+,73+,74+,75-,76-,77?,78-,79-/m1/s1. The van der Waals surface area contributed by atoms with E-state index in [1.54, 1.807) is 36.3 Å². The van der Waals surface area contributed by atoms with E-state index in [0.717, 1.165) is 58.2 Å². The molecular formula is C80H88N2O15. The second kappa shape index (κ2) is 36.8. The summed E-state index contributed by atoms with van der Waals surface area (Å²) in [7, 11) is 1.57. The van der Waals surface area contributed by atoms with Gasteiger partial charge in [0.05, 0.1) is 52.9 Å². The Balaban J connectivity index is 0.918. The van der Waals surface area contributed by atoms with Gasteiger partial charge in [0.2, 0.25) is 11.8 Å². The monoisotopic (exact) mass is 1320 g/mol. The molecule has 0 aromatic heterocycles. The summed E-state index contributed by atoms with van der Waals surface area (Å²) in [5.41, 5.74) is 7.04. The van der Waals surface area contributed by atoms with E-state index in [-0.39, 0.29) is 65.2 Å². The van der Waals surface area contributed by atoms with Crippen LogP contribution in [0.15, 0.2) is 237 Å². The first-order chi connectivity index (χ1) is 47.7. The van der Waals surface area contributed by atoms with E-state index >= 15 is 0 Å². The minimum absolute atomic E-state index is 0.000734.